The van der Waals surface area contributed by atoms with Crippen LogP contribution in [0.4, 0.5) is 8.78 Å². The molecule has 0 bridgehead atoms. The van der Waals surface area contributed by atoms with Crippen molar-refractivity contribution in [3.63, 3.8) is 0 Å². The molecular formula is C29H22Br3F2N3O6. The number of hydrogen-bond donors (Lipinski definition) is 1. The van der Waals surface area contributed by atoms with Crippen molar-refractivity contribution in [2.24, 2.45) is 5.73 Å². The van der Waals surface area contributed by atoms with E-state index in [4.69, 9.17) is 28.8 Å². The van der Waals surface area contributed by atoms with Crippen LogP contribution in [0, 0.1) is 11.6 Å². The van der Waals surface area contributed by atoms with E-state index >= 15 is 0 Å². The molecule has 0 aliphatic carbocycles. The Kier molecular flexibility index (Phi) is 10.9. The first-order valence-corrected chi connectivity index (χ1v) is 14.9. The summed E-state index contributed by atoms with van der Waals surface area (Å²) in [5.41, 5.74) is 7.20. The van der Waals surface area contributed by atoms with Gasteiger partial charge < -0.3 is 28.8 Å². The Balaban J connectivity index is 0.000000225. The number of alkyl halides is 1. The Morgan fingerprint density at radius 2 is 1.30 bits per heavy atom. The van der Waals surface area contributed by atoms with E-state index in [0.717, 1.165) is 34.7 Å². The summed E-state index contributed by atoms with van der Waals surface area (Å²) in [6.07, 6.45) is 0. The third kappa shape index (κ3) is 7.80. The summed E-state index contributed by atoms with van der Waals surface area (Å²) in [5.74, 6) is -1.49. The second kappa shape index (κ2) is 14.6. The number of oxazole rings is 2. The number of benzene rings is 3. The van der Waals surface area contributed by atoms with Crippen molar-refractivity contribution >= 4 is 53.7 Å². The monoisotopic (exact) mass is 783 g/mol. The summed E-state index contributed by atoms with van der Waals surface area (Å²) in [5, 5.41) is 0.599. The largest absolute Gasteiger partial charge is 0.497 e. The molecule has 43 heavy (non-hydrogen) atoms. The maximum absolute atomic E-state index is 14.2. The minimum Gasteiger partial charge on any atom is -0.497 e. The summed E-state index contributed by atoms with van der Waals surface area (Å²) in [7, 11) is 3.21. The number of rotatable bonds is 9. The predicted octanol–water partition coefficient (Wildman–Crippen LogP) is 8.08. The number of carbonyl (C=O) groups is 1. The quantitative estimate of drug-likeness (QED) is 0.149. The van der Waals surface area contributed by atoms with E-state index in [1.807, 2.05) is 24.3 Å². The lowest BCUT2D eigenvalue weighted by Gasteiger charge is -2.08. The molecule has 2 heterocycles. The summed E-state index contributed by atoms with van der Waals surface area (Å²) >= 11 is 9.92. The number of primary amides is 1. The molecule has 0 unspecified atom stereocenters. The molecule has 0 aliphatic rings. The van der Waals surface area contributed by atoms with Gasteiger partial charge in [-0.05, 0) is 92.5 Å². The molecule has 3 aromatic carbocycles. The molecule has 0 atom stereocenters. The third-order valence-corrected chi connectivity index (χ3v) is 7.31. The fraction of sp³-hybridized carbons (Fsp3) is 0.138. The highest BCUT2D eigenvalue weighted by molar-refractivity contribution is 9.10. The molecule has 0 saturated heterocycles. The van der Waals surface area contributed by atoms with E-state index in [0.29, 0.717) is 32.0 Å². The molecule has 0 aliphatic heterocycles. The second-order valence-electron chi connectivity index (χ2n) is 8.44. The van der Waals surface area contributed by atoms with Crippen molar-refractivity contribution in [2.75, 3.05) is 14.2 Å². The topological polar surface area (TPSA) is 123 Å². The maximum Gasteiger partial charge on any atom is 0.254 e. The lowest BCUT2D eigenvalue weighted by Crippen LogP contribution is -2.16. The van der Waals surface area contributed by atoms with Crippen LogP contribution in [0.5, 0.6) is 17.2 Å². The van der Waals surface area contributed by atoms with Crippen molar-refractivity contribution in [3.8, 4) is 39.8 Å². The fourth-order valence-electron chi connectivity index (χ4n) is 3.67. The van der Waals surface area contributed by atoms with Gasteiger partial charge in [-0.1, -0.05) is 15.9 Å². The van der Waals surface area contributed by atoms with Gasteiger partial charge in [-0.25, -0.2) is 18.7 Å². The van der Waals surface area contributed by atoms with Gasteiger partial charge in [-0.15, -0.1) is 0 Å². The number of nitrogens with two attached hydrogens (primary N) is 1. The lowest BCUT2D eigenvalue weighted by atomic mass is 10.1. The van der Waals surface area contributed by atoms with Gasteiger partial charge in [0.25, 0.3) is 5.91 Å². The lowest BCUT2D eigenvalue weighted by molar-refractivity contribution is 0.0991. The van der Waals surface area contributed by atoms with Gasteiger partial charge in [0, 0.05) is 11.1 Å². The third-order valence-electron chi connectivity index (χ3n) is 5.75. The number of nitrogens with zero attached hydrogens (tertiary/aromatic N) is 2. The minimum atomic E-state index is -1.23. The Labute approximate surface area is 269 Å². The summed E-state index contributed by atoms with van der Waals surface area (Å²) in [4.78, 5) is 19.8. The number of aromatic nitrogens is 2. The Hall–Kier alpha value is -3.75. The molecule has 5 rings (SSSR count). The maximum atomic E-state index is 14.2. The molecule has 2 N–H and O–H groups in total. The number of methoxy groups -OCH3 is 2. The average Bonchev–Trinajstić information content (AvgIpc) is 3.58. The van der Waals surface area contributed by atoms with E-state index in [1.165, 1.54) is 0 Å². The van der Waals surface area contributed by atoms with Crippen molar-refractivity contribution in [2.45, 2.75) is 11.9 Å². The first kappa shape index (κ1) is 32.2. The number of ether oxygens (including phenoxy) is 3. The molecule has 0 fully saturated rings. The minimum absolute atomic E-state index is 0.150. The zero-order valence-corrected chi connectivity index (χ0v) is 27.3. The fourth-order valence-corrected chi connectivity index (χ4v) is 4.92. The van der Waals surface area contributed by atoms with E-state index < -0.39 is 23.1 Å². The average molecular weight is 786 g/mol. The number of hydrogen-bond acceptors (Lipinski definition) is 8. The molecule has 1 amide bonds. The van der Waals surface area contributed by atoms with Crippen LogP contribution < -0.4 is 19.9 Å². The van der Waals surface area contributed by atoms with Gasteiger partial charge in [-0.2, -0.15) is 0 Å². The normalized spacial score (nSPS) is 10.6. The van der Waals surface area contributed by atoms with Crippen molar-refractivity contribution < 1.29 is 36.6 Å². The predicted molar refractivity (Wildman–Crippen MR) is 164 cm³/mol. The molecule has 0 spiro atoms. The molecule has 224 valence electrons. The smallest absolute Gasteiger partial charge is 0.254 e. The van der Waals surface area contributed by atoms with E-state index in [-0.39, 0.29) is 18.2 Å². The van der Waals surface area contributed by atoms with Crippen LogP contribution in [0.15, 0.2) is 78.8 Å². The van der Waals surface area contributed by atoms with E-state index in [2.05, 4.69) is 57.8 Å². The summed E-state index contributed by atoms with van der Waals surface area (Å²) in [6, 6.07) is 16.8. The van der Waals surface area contributed by atoms with Gasteiger partial charge in [-0.3, -0.25) is 4.79 Å². The van der Waals surface area contributed by atoms with Crippen molar-refractivity contribution in [3.05, 3.63) is 99.0 Å². The van der Waals surface area contributed by atoms with Crippen LogP contribution in [-0.2, 0) is 11.9 Å². The van der Waals surface area contributed by atoms with Crippen LogP contribution in [0.3, 0.4) is 0 Å². The highest BCUT2D eigenvalue weighted by atomic mass is 79.9. The standard InChI is InChI=1S/C18H13BrF2N2O4.C11H9Br2NO2/c1-25-10-4-2-9(3-5-10)16-17(19)27-13(23-16)8-26-12-7-6-11(20)14(15(12)21)18(22)24;1-15-8-4-2-7(3-5-8)10-11(13)16-9(6-12)14-10/h2-7H,8H2,1H3,(H2,22,24);2-5H,6H2,1H3. The van der Waals surface area contributed by atoms with Crippen LogP contribution in [0.25, 0.3) is 22.5 Å². The van der Waals surface area contributed by atoms with Gasteiger partial charge in [0.1, 0.15) is 34.3 Å². The Bertz CT molecular complexity index is 1710. The van der Waals surface area contributed by atoms with Crippen LogP contribution in [0.1, 0.15) is 22.1 Å². The van der Waals surface area contributed by atoms with Gasteiger partial charge >= 0.3 is 0 Å². The highest BCUT2D eigenvalue weighted by Gasteiger charge is 2.20. The second-order valence-corrected chi connectivity index (χ2v) is 10.4. The first-order valence-electron chi connectivity index (χ1n) is 12.2. The van der Waals surface area contributed by atoms with Crippen LogP contribution in [-0.4, -0.2) is 30.1 Å². The Morgan fingerprint density at radius 1 is 0.814 bits per heavy atom. The number of carbonyl (C=O) groups excluding carboxylic acids is 1. The molecule has 9 nitrogen and oxygen atoms in total. The Morgan fingerprint density at radius 3 is 1.74 bits per heavy atom. The first-order chi connectivity index (χ1) is 20.6. The zero-order chi connectivity index (χ0) is 31.1. The van der Waals surface area contributed by atoms with Gasteiger partial charge in [0.15, 0.2) is 27.5 Å². The van der Waals surface area contributed by atoms with Crippen molar-refractivity contribution in [1.29, 1.82) is 0 Å². The number of amides is 1. The number of halogens is 5. The van der Waals surface area contributed by atoms with Gasteiger partial charge in [0.2, 0.25) is 11.8 Å². The molecule has 5 aromatic rings. The molecule has 0 saturated carbocycles. The van der Waals surface area contributed by atoms with Crippen molar-refractivity contribution in [1.82, 2.24) is 9.97 Å². The zero-order valence-electron chi connectivity index (χ0n) is 22.5. The summed E-state index contributed by atoms with van der Waals surface area (Å²) in [6.45, 7) is -0.241. The molecule has 0 radical (unpaired) electrons. The molecule has 2 aromatic heterocycles. The van der Waals surface area contributed by atoms with Gasteiger partial charge in [0.05, 0.1) is 19.5 Å². The van der Waals surface area contributed by atoms with Crippen LogP contribution >= 0.6 is 47.8 Å². The summed E-state index contributed by atoms with van der Waals surface area (Å²) < 4.78 is 55.0. The van der Waals surface area contributed by atoms with E-state index in [9.17, 15) is 13.6 Å². The molecular weight excluding hydrogens is 764 g/mol. The molecule has 14 heteroatoms. The van der Waals surface area contributed by atoms with E-state index in [1.54, 1.807) is 38.5 Å². The highest BCUT2D eigenvalue weighted by Crippen LogP contribution is 2.32. The van der Waals surface area contributed by atoms with Crippen LogP contribution in [0.2, 0.25) is 0 Å². The SMILES string of the molecule is COc1ccc(-c2nc(CBr)oc2Br)cc1.COc1ccc(-c2nc(COc3ccc(F)c(C(N)=O)c3F)oc2Br)cc1.